The smallest absolute Gasteiger partial charge is 0.222 e. The molecule has 3 heterocycles. The Morgan fingerprint density at radius 2 is 1.93 bits per heavy atom. The number of piperidine rings is 1. The second-order valence-corrected chi connectivity index (χ2v) is 11.0. The Morgan fingerprint density at radius 3 is 2.67 bits per heavy atom. The van der Waals surface area contributed by atoms with Crippen molar-refractivity contribution in [2.75, 3.05) is 32.5 Å². The van der Waals surface area contributed by atoms with Crippen LogP contribution in [0, 0.1) is 5.82 Å². The maximum absolute atomic E-state index is 14.8. The van der Waals surface area contributed by atoms with E-state index in [-0.39, 0.29) is 17.6 Å². The number of nitrogens with two attached hydrogens (primary N) is 1. The molecule has 1 aliphatic heterocycles. The van der Waals surface area contributed by atoms with Crippen LogP contribution in [0.5, 0.6) is 0 Å². The summed E-state index contributed by atoms with van der Waals surface area (Å²) in [5.41, 5.74) is 10.8. The minimum Gasteiger partial charge on any atom is -0.385 e. The van der Waals surface area contributed by atoms with Crippen LogP contribution in [0.3, 0.4) is 0 Å². The number of fused-ring (bicyclic) bond motifs is 1. The zero-order valence-corrected chi connectivity index (χ0v) is 23.7. The molecule has 6 nitrogen and oxygen atoms in total. The summed E-state index contributed by atoms with van der Waals surface area (Å²) in [4.78, 5) is 19.4. The number of aryl methyl sites for hydroxylation is 2. The van der Waals surface area contributed by atoms with Gasteiger partial charge >= 0.3 is 0 Å². The van der Waals surface area contributed by atoms with Crippen molar-refractivity contribution in [2.24, 2.45) is 0 Å². The maximum atomic E-state index is 14.8. The number of likely N-dealkylation sites (tertiary alicyclic amines) is 1. The lowest BCUT2D eigenvalue weighted by molar-refractivity contribution is -0.132. The molecule has 0 aliphatic carbocycles. The van der Waals surface area contributed by atoms with E-state index in [0.717, 1.165) is 61.0 Å². The summed E-state index contributed by atoms with van der Waals surface area (Å²) in [5, 5.41) is 1.09. The van der Waals surface area contributed by atoms with Gasteiger partial charge in [-0.15, -0.1) is 0 Å². The molecule has 0 spiro atoms. The average Bonchev–Trinajstić information content (AvgIpc) is 3.37. The number of benzene rings is 2. The Balaban J connectivity index is 1.22. The van der Waals surface area contributed by atoms with E-state index in [9.17, 15) is 9.18 Å². The van der Waals surface area contributed by atoms with Crippen LogP contribution in [0.15, 0.2) is 60.8 Å². The molecular weight excluding hydrogens is 527 g/mol. The summed E-state index contributed by atoms with van der Waals surface area (Å²) in [5.74, 6) is 0.555. The number of nitrogens with zero attached hydrogens (tertiary/aromatic N) is 3. The molecule has 2 N–H and O–H groups in total. The summed E-state index contributed by atoms with van der Waals surface area (Å²) in [7, 11) is 1.68. The van der Waals surface area contributed by atoms with Gasteiger partial charge in [-0.05, 0) is 73.6 Å². The molecule has 2 aromatic heterocycles. The van der Waals surface area contributed by atoms with Gasteiger partial charge in [-0.3, -0.25) is 4.79 Å². The first-order chi connectivity index (χ1) is 19.4. The average molecular weight is 563 g/mol. The van der Waals surface area contributed by atoms with Gasteiger partial charge in [0.05, 0.1) is 10.5 Å². The number of pyridine rings is 1. The molecule has 8 heteroatoms. The first-order valence-corrected chi connectivity index (χ1v) is 14.4. The zero-order chi connectivity index (χ0) is 28.1. The summed E-state index contributed by atoms with van der Waals surface area (Å²) < 4.78 is 22.2. The Bertz CT molecular complexity index is 1450. The topological polar surface area (TPSA) is 73.4 Å². The molecule has 5 rings (SSSR count). The van der Waals surface area contributed by atoms with E-state index >= 15 is 0 Å². The number of carbonyl (C=O) groups excluding carboxylic acids is 1. The molecule has 0 saturated carbocycles. The summed E-state index contributed by atoms with van der Waals surface area (Å²) in [6.45, 7) is 2.71. The lowest BCUT2D eigenvalue weighted by atomic mass is 9.94. The molecular formula is C32H36ClFN4O2. The van der Waals surface area contributed by atoms with E-state index < -0.39 is 0 Å². The standard InChI is InChI=1S/C32H36ClFN4O2/c1-40-18-4-17-38-29(19-26-28(34)14-13-27(33)32(26)38)25-6-3-16-37(21-25)31(39)7-2-5-22-8-10-23(11-9-22)24-12-15-30(35)36-20-24/h8-15,19-20,25H,2-7,16-18,21H2,1H3,(H2,35,36). The van der Waals surface area contributed by atoms with Crippen molar-refractivity contribution >= 4 is 34.2 Å². The highest BCUT2D eigenvalue weighted by Gasteiger charge is 2.28. The maximum Gasteiger partial charge on any atom is 0.222 e. The van der Waals surface area contributed by atoms with Gasteiger partial charge < -0.3 is 19.9 Å². The fourth-order valence-corrected chi connectivity index (χ4v) is 6.02. The quantitative estimate of drug-likeness (QED) is 0.215. The Morgan fingerprint density at radius 1 is 1.12 bits per heavy atom. The summed E-state index contributed by atoms with van der Waals surface area (Å²) >= 11 is 6.54. The molecule has 210 valence electrons. The van der Waals surface area contributed by atoms with Crippen LogP contribution in [0.4, 0.5) is 10.2 Å². The molecule has 1 fully saturated rings. The van der Waals surface area contributed by atoms with Gasteiger partial charge in [-0.1, -0.05) is 35.9 Å². The van der Waals surface area contributed by atoms with Gasteiger partial charge in [-0.25, -0.2) is 9.37 Å². The van der Waals surface area contributed by atoms with E-state index in [1.165, 1.54) is 11.6 Å². The van der Waals surface area contributed by atoms with Crippen molar-refractivity contribution in [1.29, 1.82) is 0 Å². The largest absolute Gasteiger partial charge is 0.385 e. The Kier molecular flexibility index (Phi) is 9.02. The van der Waals surface area contributed by atoms with Gasteiger partial charge in [0.2, 0.25) is 5.91 Å². The molecule has 1 atom stereocenters. The molecule has 2 aromatic carbocycles. The van der Waals surface area contributed by atoms with Crippen LogP contribution in [-0.2, 0) is 22.5 Å². The van der Waals surface area contributed by atoms with Crippen LogP contribution < -0.4 is 5.73 Å². The van der Waals surface area contributed by atoms with Gasteiger partial charge in [0.15, 0.2) is 0 Å². The minimum absolute atomic E-state index is 0.137. The molecule has 1 saturated heterocycles. The lowest BCUT2D eigenvalue weighted by Gasteiger charge is -2.33. The number of amides is 1. The van der Waals surface area contributed by atoms with Crippen LogP contribution >= 0.6 is 11.6 Å². The number of rotatable bonds is 10. The number of halogens is 2. The van der Waals surface area contributed by atoms with Crippen molar-refractivity contribution in [3.05, 3.63) is 82.9 Å². The first-order valence-electron chi connectivity index (χ1n) is 14.0. The number of anilines is 1. The van der Waals surface area contributed by atoms with Gasteiger partial charge in [0, 0.05) is 68.5 Å². The number of ether oxygens (including phenoxy) is 1. The van der Waals surface area contributed by atoms with E-state index in [1.54, 1.807) is 25.4 Å². The Labute approximate surface area is 239 Å². The first kappa shape index (κ1) is 28.1. The second-order valence-electron chi connectivity index (χ2n) is 10.6. The van der Waals surface area contributed by atoms with Crippen molar-refractivity contribution in [1.82, 2.24) is 14.5 Å². The predicted molar refractivity (Wildman–Crippen MR) is 159 cm³/mol. The molecule has 0 radical (unpaired) electrons. The SMILES string of the molecule is COCCCn1c(C2CCCN(C(=O)CCCc3ccc(-c4ccc(N)nc4)cc3)C2)cc2c(F)ccc(Cl)c21. The zero-order valence-electron chi connectivity index (χ0n) is 22.9. The second kappa shape index (κ2) is 12.8. The number of nitrogen functional groups attached to an aromatic ring is 1. The number of hydrogen-bond acceptors (Lipinski definition) is 4. The van der Waals surface area contributed by atoms with Crippen molar-refractivity contribution in [3.63, 3.8) is 0 Å². The van der Waals surface area contributed by atoms with Gasteiger partial charge in [-0.2, -0.15) is 0 Å². The predicted octanol–water partition coefficient (Wildman–Crippen LogP) is 6.84. The third-order valence-electron chi connectivity index (χ3n) is 7.84. The fraction of sp³-hybridized carbons (Fsp3) is 0.375. The Hall–Kier alpha value is -3.42. The number of methoxy groups -OCH3 is 1. The van der Waals surface area contributed by atoms with Crippen LogP contribution in [0.2, 0.25) is 5.02 Å². The van der Waals surface area contributed by atoms with Crippen molar-refractivity contribution in [3.8, 4) is 11.1 Å². The third-order valence-corrected chi connectivity index (χ3v) is 8.15. The molecule has 0 bridgehead atoms. The molecule has 4 aromatic rings. The van der Waals surface area contributed by atoms with E-state index in [4.69, 9.17) is 22.1 Å². The lowest BCUT2D eigenvalue weighted by Crippen LogP contribution is -2.39. The van der Waals surface area contributed by atoms with E-state index in [0.29, 0.717) is 42.3 Å². The van der Waals surface area contributed by atoms with Crippen LogP contribution in [0.25, 0.3) is 22.0 Å². The number of carbonyl (C=O) groups is 1. The molecule has 1 aliphatic rings. The monoisotopic (exact) mass is 562 g/mol. The highest BCUT2D eigenvalue weighted by Crippen LogP contribution is 2.36. The highest BCUT2D eigenvalue weighted by molar-refractivity contribution is 6.35. The van der Waals surface area contributed by atoms with Gasteiger partial charge in [0.1, 0.15) is 11.6 Å². The molecule has 1 amide bonds. The fourth-order valence-electron chi connectivity index (χ4n) is 5.76. The molecule has 1 unspecified atom stereocenters. The molecule has 40 heavy (non-hydrogen) atoms. The van der Waals surface area contributed by atoms with E-state index in [1.807, 2.05) is 17.0 Å². The van der Waals surface area contributed by atoms with Gasteiger partial charge in [0.25, 0.3) is 0 Å². The number of aromatic nitrogens is 2. The van der Waals surface area contributed by atoms with Crippen LogP contribution in [0.1, 0.15) is 49.3 Å². The number of hydrogen-bond donors (Lipinski definition) is 1. The van der Waals surface area contributed by atoms with Crippen molar-refractivity contribution in [2.45, 2.75) is 51.0 Å². The van der Waals surface area contributed by atoms with E-state index in [2.05, 4.69) is 33.8 Å². The summed E-state index contributed by atoms with van der Waals surface area (Å²) in [6, 6.07) is 17.1. The third kappa shape index (κ3) is 6.31. The van der Waals surface area contributed by atoms with Crippen LogP contribution in [-0.4, -0.2) is 47.2 Å². The minimum atomic E-state index is -0.270. The summed E-state index contributed by atoms with van der Waals surface area (Å²) in [6.07, 6.45) is 6.60. The van der Waals surface area contributed by atoms with Crippen molar-refractivity contribution < 1.29 is 13.9 Å². The normalized spacial score (nSPS) is 15.6. The highest BCUT2D eigenvalue weighted by atomic mass is 35.5.